The maximum Gasteiger partial charge on any atom is 0.435 e. The standard InChI is InChI=1S/C17H21F3N6O2/c1-3-25-8-11(14(24-25)15(21)27)22-16(28)9(2)7-26-12(10-4-5-10)6-13(23-26)17(18,19)20/h6,8-10H,3-5,7H2,1-2H3,(H2,21,27)(H,22,28). The number of nitrogens with one attached hydrogen (secondary N) is 1. The van der Waals surface area contributed by atoms with Gasteiger partial charge in [0.05, 0.1) is 18.2 Å². The number of nitrogens with two attached hydrogens (primary N) is 1. The molecule has 152 valence electrons. The number of nitrogens with zero attached hydrogens (tertiary/aromatic N) is 4. The van der Waals surface area contributed by atoms with Crippen molar-refractivity contribution in [3.05, 3.63) is 29.3 Å². The molecular formula is C17H21F3N6O2. The van der Waals surface area contributed by atoms with Crippen molar-refractivity contribution in [1.29, 1.82) is 0 Å². The number of aromatic nitrogens is 4. The van der Waals surface area contributed by atoms with E-state index in [9.17, 15) is 22.8 Å². The van der Waals surface area contributed by atoms with Crippen molar-refractivity contribution in [2.75, 3.05) is 5.32 Å². The van der Waals surface area contributed by atoms with E-state index in [-0.39, 0.29) is 23.8 Å². The topological polar surface area (TPSA) is 108 Å². The molecule has 28 heavy (non-hydrogen) atoms. The number of aryl methyl sites for hydroxylation is 1. The van der Waals surface area contributed by atoms with Crippen LogP contribution in [-0.2, 0) is 24.1 Å². The van der Waals surface area contributed by atoms with E-state index < -0.39 is 29.6 Å². The van der Waals surface area contributed by atoms with Crippen molar-refractivity contribution < 1.29 is 22.8 Å². The molecule has 1 aliphatic carbocycles. The molecular weight excluding hydrogens is 377 g/mol. The molecule has 2 aromatic rings. The monoisotopic (exact) mass is 398 g/mol. The molecule has 1 fully saturated rings. The van der Waals surface area contributed by atoms with E-state index in [0.717, 1.165) is 18.9 Å². The van der Waals surface area contributed by atoms with Crippen molar-refractivity contribution in [2.24, 2.45) is 11.7 Å². The Morgan fingerprint density at radius 3 is 2.57 bits per heavy atom. The largest absolute Gasteiger partial charge is 0.435 e. The Balaban J connectivity index is 1.76. The van der Waals surface area contributed by atoms with Crippen LogP contribution in [0, 0.1) is 5.92 Å². The number of halogens is 3. The lowest BCUT2D eigenvalue weighted by atomic mass is 10.1. The Bertz CT molecular complexity index is 897. The third-order valence-electron chi connectivity index (χ3n) is 4.57. The number of amides is 2. The summed E-state index contributed by atoms with van der Waals surface area (Å²) in [6.45, 7) is 3.85. The first-order chi connectivity index (χ1) is 13.1. The third-order valence-corrected chi connectivity index (χ3v) is 4.57. The lowest BCUT2D eigenvalue weighted by Crippen LogP contribution is -2.26. The first kappa shape index (κ1) is 19.9. The molecule has 1 saturated carbocycles. The van der Waals surface area contributed by atoms with Crippen LogP contribution in [0.1, 0.15) is 54.5 Å². The number of hydrogen-bond acceptors (Lipinski definition) is 4. The molecule has 0 aromatic carbocycles. The van der Waals surface area contributed by atoms with Gasteiger partial charge in [-0.3, -0.25) is 19.0 Å². The third kappa shape index (κ3) is 4.18. The predicted octanol–water partition coefficient (Wildman–Crippen LogP) is 2.37. The molecule has 3 N–H and O–H groups in total. The second kappa shape index (κ2) is 7.28. The Kier molecular flexibility index (Phi) is 5.18. The Labute approximate surface area is 158 Å². The van der Waals surface area contributed by atoms with Crippen molar-refractivity contribution in [3.63, 3.8) is 0 Å². The van der Waals surface area contributed by atoms with E-state index in [1.165, 1.54) is 15.6 Å². The molecule has 0 aliphatic heterocycles. The first-order valence-corrected chi connectivity index (χ1v) is 8.93. The summed E-state index contributed by atoms with van der Waals surface area (Å²) in [6, 6.07) is 1.05. The van der Waals surface area contributed by atoms with Gasteiger partial charge in [0.1, 0.15) is 0 Å². The van der Waals surface area contributed by atoms with Crippen LogP contribution in [0.25, 0.3) is 0 Å². The van der Waals surface area contributed by atoms with E-state index in [1.54, 1.807) is 13.8 Å². The fourth-order valence-electron chi connectivity index (χ4n) is 2.88. The van der Waals surface area contributed by atoms with Crippen LogP contribution in [0.4, 0.5) is 18.9 Å². The summed E-state index contributed by atoms with van der Waals surface area (Å²) in [7, 11) is 0. The second-order valence-electron chi connectivity index (χ2n) is 6.91. The first-order valence-electron chi connectivity index (χ1n) is 8.93. The summed E-state index contributed by atoms with van der Waals surface area (Å²) in [5.74, 6) is -1.90. The molecule has 0 bridgehead atoms. The summed E-state index contributed by atoms with van der Waals surface area (Å²) >= 11 is 0. The summed E-state index contributed by atoms with van der Waals surface area (Å²) in [4.78, 5) is 24.0. The van der Waals surface area contributed by atoms with Crippen molar-refractivity contribution in [2.45, 2.75) is 51.9 Å². The van der Waals surface area contributed by atoms with E-state index in [1.807, 2.05) is 0 Å². The van der Waals surface area contributed by atoms with Gasteiger partial charge in [-0.05, 0) is 25.8 Å². The summed E-state index contributed by atoms with van der Waals surface area (Å²) < 4.78 is 41.7. The van der Waals surface area contributed by atoms with Gasteiger partial charge < -0.3 is 11.1 Å². The van der Waals surface area contributed by atoms with Crippen molar-refractivity contribution >= 4 is 17.5 Å². The number of primary amides is 1. The Morgan fingerprint density at radius 2 is 2.04 bits per heavy atom. The maximum absolute atomic E-state index is 13.0. The zero-order valence-corrected chi connectivity index (χ0v) is 15.5. The van der Waals surface area contributed by atoms with Crippen molar-refractivity contribution in [1.82, 2.24) is 19.6 Å². The highest BCUT2D eigenvalue weighted by Crippen LogP contribution is 2.42. The van der Waals surface area contributed by atoms with Gasteiger partial charge in [-0.2, -0.15) is 23.4 Å². The number of hydrogen-bond donors (Lipinski definition) is 2. The molecule has 2 heterocycles. The van der Waals surface area contributed by atoms with Gasteiger partial charge in [0.25, 0.3) is 5.91 Å². The quantitative estimate of drug-likeness (QED) is 0.746. The molecule has 0 radical (unpaired) electrons. The van der Waals surface area contributed by atoms with Gasteiger partial charge in [-0.1, -0.05) is 6.92 Å². The lowest BCUT2D eigenvalue weighted by Gasteiger charge is -2.14. The average molecular weight is 398 g/mol. The second-order valence-corrected chi connectivity index (χ2v) is 6.91. The van der Waals surface area contributed by atoms with Crippen LogP contribution < -0.4 is 11.1 Å². The molecule has 8 nitrogen and oxygen atoms in total. The molecule has 1 aliphatic rings. The molecule has 11 heteroatoms. The SMILES string of the molecule is CCn1cc(NC(=O)C(C)Cn2nc(C(F)(F)F)cc2C2CC2)c(C(N)=O)n1. The predicted molar refractivity (Wildman–Crippen MR) is 93.4 cm³/mol. The highest BCUT2D eigenvalue weighted by Gasteiger charge is 2.38. The van der Waals surface area contributed by atoms with E-state index in [0.29, 0.717) is 12.2 Å². The van der Waals surface area contributed by atoms with Gasteiger partial charge in [-0.15, -0.1) is 0 Å². The zero-order valence-electron chi connectivity index (χ0n) is 15.5. The van der Waals surface area contributed by atoms with E-state index in [4.69, 9.17) is 5.73 Å². The highest BCUT2D eigenvalue weighted by molar-refractivity contribution is 6.01. The summed E-state index contributed by atoms with van der Waals surface area (Å²) in [5, 5.41) is 10.2. The molecule has 0 saturated heterocycles. The molecule has 1 unspecified atom stereocenters. The highest BCUT2D eigenvalue weighted by atomic mass is 19.4. The normalized spacial score (nSPS) is 15.5. The minimum Gasteiger partial charge on any atom is -0.364 e. The number of rotatable bonds is 7. The number of carbonyl (C=O) groups is 2. The molecule has 2 amide bonds. The van der Waals surface area contributed by atoms with Crippen LogP contribution >= 0.6 is 0 Å². The van der Waals surface area contributed by atoms with Crippen LogP contribution in [0.15, 0.2) is 12.3 Å². The van der Waals surface area contributed by atoms with Crippen molar-refractivity contribution in [3.8, 4) is 0 Å². The number of alkyl halides is 3. The smallest absolute Gasteiger partial charge is 0.364 e. The van der Waals surface area contributed by atoms with E-state index >= 15 is 0 Å². The number of carbonyl (C=O) groups excluding carboxylic acids is 2. The van der Waals surface area contributed by atoms with E-state index in [2.05, 4.69) is 15.5 Å². The summed E-state index contributed by atoms with van der Waals surface area (Å²) in [5.41, 5.74) is 4.91. The van der Waals surface area contributed by atoms with Gasteiger partial charge in [-0.25, -0.2) is 0 Å². The number of anilines is 1. The Hall–Kier alpha value is -2.85. The molecule has 2 aromatic heterocycles. The van der Waals surface area contributed by atoms with Crippen LogP contribution in [0.3, 0.4) is 0 Å². The zero-order chi connectivity index (χ0) is 20.6. The molecule has 3 rings (SSSR count). The fourth-order valence-corrected chi connectivity index (χ4v) is 2.88. The average Bonchev–Trinajstić information content (AvgIpc) is 3.22. The lowest BCUT2D eigenvalue weighted by molar-refractivity contribution is -0.141. The van der Waals surface area contributed by atoms with Gasteiger partial charge >= 0.3 is 6.18 Å². The van der Waals surface area contributed by atoms with Crippen LogP contribution in [0.5, 0.6) is 0 Å². The van der Waals surface area contributed by atoms with Gasteiger partial charge in [0.2, 0.25) is 5.91 Å². The van der Waals surface area contributed by atoms with Gasteiger partial charge in [0.15, 0.2) is 11.4 Å². The fraction of sp³-hybridized carbons (Fsp3) is 0.529. The summed E-state index contributed by atoms with van der Waals surface area (Å²) in [6.07, 6.45) is -1.44. The minimum atomic E-state index is -4.54. The van der Waals surface area contributed by atoms with Gasteiger partial charge in [0, 0.05) is 24.4 Å². The molecule has 0 spiro atoms. The van der Waals surface area contributed by atoms with Crippen LogP contribution in [0.2, 0.25) is 0 Å². The Morgan fingerprint density at radius 1 is 1.36 bits per heavy atom. The van der Waals surface area contributed by atoms with Crippen LogP contribution in [-0.4, -0.2) is 31.4 Å². The molecule has 1 atom stereocenters. The minimum absolute atomic E-state index is 0.0123. The maximum atomic E-state index is 13.0.